The molecule has 0 radical (unpaired) electrons. The molecular weight excluding hydrogens is 311 g/mol. The van der Waals surface area contributed by atoms with Crippen LogP contribution in [0.25, 0.3) is 0 Å². The Kier molecular flexibility index (Phi) is 4.75. The number of halogens is 4. The molecule has 1 aromatic carbocycles. The van der Waals surface area contributed by atoms with E-state index in [0.29, 0.717) is 16.8 Å². The van der Waals surface area contributed by atoms with Crippen molar-refractivity contribution >= 4 is 23.2 Å². The van der Waals surface area contributed by atoms with E-state index in [4.69, 9.17) is 11.6 Å². The Morgan fingerprint density at radius 3 is 2.81 bits per heavy atom. The average molecular weight is 324 g/mol. The summed E-state index contributed by atoms with van der Waals surface area (Å²) in [5.41, 5.74) is 1.67. The molecule has 1 heterocycles. The number of anilines is 1. The van der Waals surface area contributed by atoms with Gasteiger partial charge in [-0.15, -0.1) is 0 Å². The smallest absolute Gasteiger partial charge is 0.388 e. The minimum Gasteiger partial charge on any atom is -0.388 e. The lowest BCUT2D eigenvalue weighted by Gasteiger charge is -2.15. The van der Waals surface area contributed by atoms with Crippen LogP contribution in [-0.4, -0.2) is 30.4 Å². The Morgan fingerprint density at radius 1 is 1.43 bits per heavy atom. The predicted octanol–water partition coefficient (Wildman–Crippen LogP) is 2.84. The summed E-state index contributed by atoms with van der Waals surface area (Å²) < 4.78 is 40.2. The fourth-order valence-corrected chi connectivity index (χ4v) is 2.35. The fraction of sp³-hybridized carbons (Fsp3) is 0.462. The summed E-state index contributed by atoms with van der Waals surface area (Å²) in [5, 5.41) is 12.8. The number of carbonyl (C=O) groups excluding carboxylic acids is 1. The Labute approximate surface area is 123 Å². The van der Waals surface area contributed by atoms with Crippen LogP contribution in [0.1, 0.15) is 23.7 Å². The first-order chi connectivity index (χ1) is 9.76. The minimum atomic E-state index is -4.39. The van der Waals surface area contributed by atoms with Gasteiger partial charge < -0.3 is 15.2 Å². The third-order valence-electron chi connectivity index (χ3n) is 3.01. The summed E-state index contributed by atoms with van der Waals surface area (Å²) in [7, 11) is 0. The number of hydrogen-bond acceptors (Lipinski definition) is 3. The number of rotatable bonds is 5. The molecule has 0 fully saturated rings. The van der Waals surface area contributed by atoms with E-state index in [2.05, 4.69) is 10.1 Å². The first-order valence-electron chi connectivity index (χ1n) is 6.21. The van der Waals surface area contributed by atoms with E-state index < -0.39 is 18.9 Å². The van der Waals surface area contributed by atoms with Crippen molar-refractivity contribution in [3.8, 4) is 0 Å². The van der Waals surface area contributed by atoms with Gasteiger partial charge in [-0.3, -0.25) is 4.79 Å². The molecule has 1 aliphatic rings. The summed E-state index contributed by atoms with van der Waals surface area (Å²) in [6.45, 7) is -1.60. The van der Waals surface area contributed by atoms with Crippen LogP contribution in [0.3, 0.4) is 0 Å². The fourth-order valence-electron chi connectivity index (χ4n) is 2.06. The van der Waals surface area contributed by atoms with Gasteiger partial charge in [-0.2, -0.15) is 13.2 Å². The molecule has 1 amide bonds. The van der Waals surface area contributed by atoms with Crippen LogP contribution in [0.2, 0.25) is 5.02 Å². The van der Waals surface area contributed by atoms with Crippen molar-refractivity contribution in [2.45, 2.75) is 25.1 Å². The van der Waals surface area contributed by atoms with Crippen molar-refractivity contribution in [3.05, 3.63) is 28.3 Å². The SMILES string of the molecule is O=C1Cc2cc(C(O)CCOCC(F)(F)F)c(Cl)cc2N1. The number of benzene rings is 1. The molecule has 0 spiro atoms. The van der Waals surface area contributed by atoms with Gasteiger partial charge in [-0.05, 0) is 23.3 Å². The molecule has 8 heteroatoms. The second-order valence-corrected chi connectivity index (χ2v) is 5.14. The average Bonchev–Trinajstić information content (AvgIpc) is 2.71. The second-order valence-electron chi connectivity index (χ2n) is 4.73. The molecule has 116 valence electrons. The Balaban J connectivity index is 1.95. The van der Waals surface area contributed by atoms with Crippen LogP contribution >= 0.6 is 11.6 Å². The van der Waals surface area contributed by atoms with Gasteiger partial charge in [0.05, 0.1) is 12.5 Å². The standard InChI is InChI=1S/C13H13ClF3NO3/c14-9-5-10-7(4-12(20)18-10)3-8(9)11(19)1-2-21-6-13(15,16)17/h3,5,11,19H,1-2,4,6H2,(H,18,20). The molecular formula is C13H13ClF3NO3. The lowest BCUT2D eigenvalue weighted by molar-refractivity contribution is -0.175. The van der Waals surface area contributed by atoms with Crippen molar-refractivity contribution in [2.75, 3.05) is 18.5 Å². The number of nitrogens with one attached hydrogen (secondary N) is 1. The molecule has 2 rings (SSSR count). The highest BCUT2D eigenvalue weighted by atomic mass is 35.5. The number of aliphatic hydroxyl groups excluding tert-OH is 1. The topological polar surface area (TPSA) is 58.6 Å². The molecule has 0 aliphatic carbocycles. The van der Waals surface area contributed by atoms with Crippen LogP contribution in [0.5, 0.6) is 0 Å². The zero-order valence-electron chi connectivity index (χ0n) is 10.8. The van der Waals surface area contributed by atoms with Gasteiger partial charge in [0.1, 0.15) is 6.61 Å². The molecule has 0 saturated carbocycles. The van der Waals surface area contributed by atoms with Gasteiger partial charge in [-0.1, -0.05) is 11.6 Å². The molecule has 1 unspecified atom stereocenters. The van der Waals surface area contributed by atoms with Crippen LogP contribution in [0, 0.1) is 0 Å². The summed E-state index contributed by atoms with van der Waals surface area (Å²) >= 11 is 6.00. The third kappa shape index (κ3) is 4.33. The van der Waals surface area contributed by atoms with E-state index in [0.717, 1.165) is 0 Å². The van der Waals surface area contributed by atoms with Gasteiger partial charge in [0.25, 0.3) is 0 Å². The Hall–Kier alpha value is -1.31. The van der Waals surface area contributed by atoms with Gasteiger partial charge in [0.15, 0.2) is 0 Å². The maximum atomic E-state index is 11.9. The summed E-state index contributed by atoms with van der Waals surface area (Å²) in [6.07, 6.45) is -5.26. The predicted molar refractivity (Wildman–Crippen MR) is 70.2 cm³/mol. The Morgan fingerprint density at radius 2 is 2.14 bits per heavy atom. The first-order valence-corrected chi connectivity index (χ1v) is 6.59. The second kappa shape index (κ2) is 6.21. The molecule has 4 nitrogen and oxygen atoms in total. The third-order valence-corrected chi connectivity index (χ3v) is 3.34. The maximum absolute atomic E-state index is 11.9. The van der Waals surface area contributed by atoms with E-state index in [1.54, 1.807) is 6.07 Å². The minimum absolute atomic E-state index is 0.0179. The van der Waals surface area contributed by atoms with Gasteiger partial charge in [0.2, 0.25) is 5.91 Å². The Bertz CT molecular complexity index is 548. The van der Waals surface area contributed by atoms with Crippen molar-refractivity contribution in [3.63, 3.8) is 0 Å². The monoisotopic (exact) mass is 323 g/mol. The van der Waals surface area contributed by atoms with Gasteiger partial charge in [0, 0.05) is 23.7 Å². The molecule has 1 atom stereocenters. The summed E-state index contributed by atoms with van der Waals surface area (Å²) in [4.78, 5) is 11.3. The van der Waals surface area contributed by atoms with Crippen molar-refractivity contribution in [2.24, 2.45) is 0 Å². The highest BCUT2D eigenvalue weighted by Crippen LogP contribution is 2.33. The molecule has 2 N–H and O–H groups in total. The number of carbonyl (C=O) groups is 1. The quantitative estimate of drug-likeness (QED) is 0.819. The van der Waals surface area contributed by atoms with E-state index in [9.17, 15) is 23.1 Å². The number of fused-ring (bicyclic) bond motifs is 1. The number of aliphatic hydroxyl groups is 1. The van der Waals surface area contributed by atoms with Crippen molar-refractivity contribution < 1.29 is 27.8 Å². The summed E-state index contributed by atoms with van der Waals surface area (Å²) in [6, 6.07) is 3.11. The van der Waals surface area contributed by atoms with Gasteiger partial charge in [-0.25, -0.2) is 0 Å². The van der Waals surface area contributed by atoms with Crippen molar-refractivity contribution in [1.82, 2.24) is 0 Å². The number of hydrogen-bond donors (Lipinski definition) is 2. The van der Waals surface area contributed by atoms with E-state index in [1.165, 1.54) is 6.07 Å². The zero-order chi connectivity index (χ0) is 15.6. The van der Waals surface area contributed by atoms with Gasteiger partial charge >= 0.3 is 6.18 Å². The highest BCUT2D eigenvalue weighted by molar-refractivity contribution is 6.32. The van der Waals surface area contributed by atoms with E-state index in [-0.39, 0.29) is 30.4 Å². The molecule has 0 saturated heterocycles. The lowest BCUT2D eigenvalue weighted by Crippen LogP contribution is -2.18. The van der Waals surface area contributed by atoms with Crippen LogP contribution in [0.15, 0.2) is 12.1 Å². The van der Waals surface area contributed by atoms with Crippen LogP contribution in [0.4, 0.5) is 18.9 Å². The molecule has 21 heavy (non-hydrogen) atoms. The van der Waals surface area contributed by atoms with Crippen LogP contribution in [-0.2, 0) is 16.0 Å². The highest BCUT2D eigenvalue weighted by Gasteiger charge is 2.27. The number of alkyl halides is 3. The zero-order valence-corrected chi connectivity index (χ0v) is 11.6. The molecule has 0 bridgehead atoms. The molecule has 1 aromatic rings. The van der Waals surface area contributed by atoms with E-state index >= 15 is 0 Å². The maximum Gasteiger partial charge on any atom is 0.411 e. The molecule has 0 aromatic heterocycles. The normalized spacial score (nSPS) is 15.8. The number of amides is 1. The lowest BCUT2D eigenvalue weighted by atomic mass is 10.0. The first kappa shape index (κ1) is 16.1. The molecule has 1 aliphatic heterocycles. The number of ether oxygens (including phenoxy) is 1. The van der Waals surface area contributed by atoms with E-state index in [1.807, 2.05) is 0 Å². The largest absolute Gasteiger partial charge is 0.411 e. The summed E-state index contributed by atoms with van der Waals surface area (Å²) in [5.74, 6) is -0.166. The van der Waals surface area contributed by atoms with Crippen molar-refractivity contribution in [1.29, 1.82) is 0 Å². The van der Waals surface area contributed by atoms with Crippen LogP contribution < -0.4 is 5.32 Å².